The summed E-state index contributed by atoms with van der Waals surface area (Å²) in [5.74, 6) is 1.95. The maximum atomic E-state index is 12.7. The number of likely N-dealkylation sites (tertiary alicyclic amines) is 1. The quantitative estimate of drug-likeness (QED) is 0.844. The van der Waals surface area contributed by atoms with Gasteiger partial charge in [0, 0.05) is 30.8 Å². The number of thioether (sulfide) groups is 1. The van der Waals surface area contributed by atoms with Gasteiger partial charge in [-0.1, -0.05) is 24.3 Å². The molecule has 25 heavy (non-hydrogen) atoms. The number of carbonyl (C=O) groups is 1. The molecule has 0 unspecified atom stereocenters. The minimum absolute atomic E-state index is 0.0549. The van der Waals surface area contributed by atoms with Crippen molar-refractivity contribution in [3.63, 3.8) is 0 Å². The smallest absolute Gasteiger partial charge is 0.272 e. The normalized spacial score (nSPS) is 24.6. The molecule has 1 spiro atoms. The number of fused-ring (bicyclic) bond motifs is 1. The first kappa shape index (κ1) is 15.6. The fourth-order valence-corrected chi connectivity index (χ4v) is 5.38. The van der Waals surface area contributed by atoms with Crippen LogP contribution in [0.3, 0.4) is 0 Å². The Kier molecular flexibility index (Phi) is 3.75. The predicted molar refractivity (Wildman–Crippen MR) is 99.9 cm³/mol. The maximum absolute atomic E-state index is 12.7. The summed E-state index contributed by atoms with van der Waals surface area (Å²) in [6.45, 7) is 2.59. The zero-order valence-electron chi connectivity index (χ0n) is 14.2. The Morgan fingerprint density at radius 2 is 2.08 bits per heavy atom. The van der Waals surface area contributed by atoms with Gasteiger partial charge in [-0.2, -0.15) is 0 Å². The van der Waals surface area contributed by atoms with E-state index in [-0.39, 0.29) is 10.7 Å². The number of para-hydroxylation sites is 1. The Morgan fingerprint density at radius 1 is 1.24 bits per heavy atom. The van der Waals surface area contributed by atoms with Crippen molar-refractivity contribution in [3.8, 4) is 0 Å². The van der Waals surface area contributed by atoms with Gasteiger partial charge >= 0.3 is 0 Å². The second-order valence-electron chi connectivity index (χ2n) is 7.65. The molecule has 0 radical (unpaired) electrons. The molecule has 3 aliphatic rings. The van der Waals surface area contributed by atoms with E-state index >= 15 is 0 Å². The van der Waals surface area contributed by atoms with Gasteiger partial charge in [-0.15, -0.1) is 11.8 Å². The zero-order chi connectivity index (χ0) is 16.9. The van der Waals surface area contributed by atoms with Gasteiger partial charge < -0.3 is 9.64 Å². The Balaban J connectivity index is 1.21. The topological polar surface area (TPSA) is 42.4 Å². The number of nitrogens with zero attached hydrogens (tertiary/aromatic N) is 2. The van der Waals surface area contributed by atoms with Gasteiger partial charge in [-0.25, -0.2) is 4.98 Å². The highest BCUT2D eigenvalue weighted by atomic mass is 32.2. The lowest BCUT2D eigenvalue weighted by Crippen LogP contribution is -2.60. The van der Waals surface area contributed by atoms with E-state index in [1.807, 2.05) is 53.1 Å². The standard InChI is InChI=1S/C20H22N2O2S/c23-19(18-8-7-15-3-1-2-4-17(15)21-18)22-12-20(13-22)9-16(11-25-20)24-10-14-5-6-14/h1-4,7-8,14,16H,5-6,9-13H2/t16-/m0/s1. The van der Waals surface area contributed by atoms with Crippen LogP contribution in [-0.2, 0) is 4.74 Å². The van der Waals surface area contributed by atoms with Crippen LogP contribution >= 0.6 is 11.8 Å². The molecule has 3 fully saturated rings. The van der Waals surface area contributed by atoms with Crippen molar-refractivity contribution in [2.75, 3.05) is 25.4 Å². The number of hydrogen-bond acceptors (Lipinski definition) is 4. The van der Waals surface area contributed by atoms with E-state index in [0.717, 1.165) is 48.7 Å². The third-order valence-corrected chi connectivity index (χ3v) is 7.08. The number of pyridine rings is 1. The lowest BCUT2D eigenvalue weighted by atomic mass is 9.92. The lowest BCUT2D eigenvalue weighted by molar-refractivity contribution is 0.0284. The molecule has 2 aromatic rings. The van der Waals surface area contributed by atoms with Crippen LogP contribution in [0.4, 0.5) is 0 Å². The van der Waals surface area contributed by atoms with E-state index in [1.54, 1.807) is 0 Å². The molecule has 5 heteroatoms. The van der Waals surface area contributed by atoms with Crippen molar-refractivity contribution in [2.24, 2.45) is 5.92 Å². The first-order valence-electron chi connectivity index (χ1n) is 9.11. The molecular weight excluding hydrogens is 332 g/mol. The monoisotopic (exact) mass is 354 g/mol. The number of ether oxygens (including phenoxy) is 1. The van der Waals surface area contributed by atoms with Crippen LogP contribution in [0.2, 0.25) is 0 Å². The van der Waals surface area contributed by atoms with Crippen molar-refractivity contribution < 1.29 is 9.53 Å². The van der Waals surface area contributed by atoms with E-state index in [0.29, 0.717) is 11.8 Å². The largest absolute Gasteiger partial charge is 0.377 e. The molecule has 0 N–H and O–H groups in total. The zero-order valence-corrected chi connectivity index (χ0v) is 15.0. The first-order chi connectivity index (χ1) is 12.2. The summed E-state index contributed by atoms with van der Waals surface area (Å²) in [5.41, 5.74) is 1.44. The first-order valence-corrected chi connectivity index (χ1v) is 10.1. The van der Waals surface area contributed by atoms with E-state index in [9.17, 15) is 4.79 Å². The third-order valence-electron chi connectivity index (χ3n) is 5.50. The van der Waals surface area contributed by atoms with E-state index in [2.05, 4.69) is 4.98 Å². The summed E-state index contributed by atoms with van der Waals surface area (Å²) in [6.07, 6.45) is 4.14. The molecule has 0 bridgehead atoms. The average Bonchev–Trinajstić information content (AvgIpc) is 3.35. The molecule has 5 rings (SSSR count). The molecule has 2 saturated heterocycles. The number of benzene rings is 1. The molecule has 1 atom stereocenters. The second-order valence-corrected chi connectivity index (χ2v) is 9.14. The van der Waals surface area contributed by atoms with Crippen LogP contribution in [0.25, 0.3) is 10.9 Å². The molecule has 1 aromatic carbocycles. The number of amides is 1. The highest BCUT2D eigenvalue weighted by Gasteiger charge is 2.51. The van der Waals surface area contributed by atoms with E-state index < -0.39 is 0 Å². The van der Waals surface area contributed by atoms with Crippen molar-refractivity contribution in [2.45, 2.75) is 30.1 Å². The van der Waals surface area contributed by atoms with Gasteiger partial charge in [0.15, 0.2) is 0 Å². The van der Waals surface area contributed by atoms with Gasteiger partial charge in [-0.3, -0.25) is 4.79 Å². The van der Waals surface area contributed by atoms with Gasteiger partial charge in [0.2, 0.25) is 0 Å². The number of carbonyl (C=O) groups excluding carboxylic acids is 1. The van der Waals surface area contributed by atoms with Crippen LogP contribution in [-0.4, -0.2) is 52.1 Å². The fraction of sp³-hybridized carbons (Fsp3) is 0.500. The summed E-state index contributed by atoms with van der Waals surface area (Å²) in [5, 5.41) is 1.07. The third kappa shape index (κ3) is 3.04. The van der Waals surface area contributed by atoms with E-state index in [1.165, 1.54) is 12.8 Å². The van der Waals surface area contributed by atoms with Crippen LogP contribution in [0.5, 0.6) is 0 Å². The van der Waals surface area contributed by atoms with Crippen LogP contribution < -0.4 is 0 Å². The van der Waals surface area contributed by atoms with Crippen molar-refractivity contribution in [3.05, 3.63) is 42.1 Å². The fourth-order valence-electron chi connectivity index (χ4n) is 3.83. The van der Waals surface area contributed by atoms with Crippen molar-refractivity contribution in [1.82, 2.24) is 9.88 Å². The lowest BCUT2D eigenvalue weighted by Gasteiger charge is -2.47. The number of hydrogen-bond donors (Lipinski definition) is 0. The van der Waals surface area contributed by atoms with Crippen LogP contribution in [0.1, 0.15) is 29.8 Å². The molecule has 1 amide bonds. The van der Waals surface area contributed by atoms with Crippen molar-refractivity contribution >= 4 is 28.6 Å². The van der Waals surface area contributed by atoms with Crippen LogP contribution in [0.15, 0.2) is 36.4 Å². The average molecular weight is 354 g/mol. The molecule has 130 valence electrons. The number of rotatable bonds is 4. The van der Waals surface area contributed by atoms with Gasteiger partial charge in [0.25, 0.3) is 5.91 Å². The molecule has 4 nitrogen and oxygen atoms in total. The minimum atomic E-state index is 0.0549. The molecule has 1 aliphatic carbocycles. The molecule has 3 heterocycles. The van der Waals surface area contributed by atoms with Crippen LogP contribution in [0, 0.1) is 5.92 Å². The highest BCUT2D eigenvalue weighted by Crippen LogP contribution is 2.46. The predicted octanol–water partition coefficient (Wildman–Crippen LogP) is 3.36. The number of aromatic nitrogens is 1. The van der Waals surface area contributed by atoms with Crippen molar-refractivity contribution in [1.29, 1.82) is 0 Å². The minimum Gasteiger partial charge on any atom is -0.377 e. The second kappa shape index (κ2) is 5.99. The summed E-state index contributed by atoms with van der Waals surface area (Å²) >= 11 is 1.99. The summed E-state index contributed by atoms with van der Waals surface area (Å²) in [6, 6.07) is 11.8. The maximum Gasteiger partial charge on any atom is 0.272 e. The van der Waals surface area contributed by atoms with Gasteiger partial charge in [0.05, 0.1) is 16.4 Å². The van der Waals surface area contributed by atoms with Gasteiger partial charge in [-0.05, 0) is 37.3 Å². The molecular formula is C20H22N2O2S. The molecule has 2 aliphatic heterocycles. The van der Waals surface area contributed by atoms with Gasteiger partial charge in [0.1, 0.15) is 5.69 Å². The Morgan fingerprint density at radius 3 is 2.92 bits per heavy atom. The Hall–Kier alpha value is -1.59. The summed E-state index contributed by atoms with van der Waals surface area (Å²) < 4.78 is 6.27. The molecule has 1 aromatic heterocycles. The Labute approximate surface area is 151 Å². The van der Waals surface area contributed by atoms with E-state index in [4.69, 9.17) is 4.74 Å². The summed E-state index contributed by atoms with van der Waals surface area (Å²) in [4.78, 5) is 19.2. The Bertz CT molecular complexity index is 814. The summed E-state index contributed by atoms with van der Waals surface area (Å²) in [7, 11) is 0. The SMILES string of the molecule is O=C(c1ccc2ccccc2n1)N1CC2(C[C@H](OCC3CC3)CS2)C1. The molecule has 1 saturated carbocycles. The highest BCUT2D eigenvalue weighted by molar-refractivity contribution is 8.01.